The zero-order chi connectivity index (χ0) is 14.3. The molecule has 4 heteroatoms. The second-order valence-corrected chi connectivity index (χ2v) is 6.10. The lowest BCUT2D eigenvalue weighted by Crippen LogP contribution is -2.33. The third-order valence-corrected chi connectivity index (χ3v) is 5.10. The summed E-state index contributed by atoms with van der Waals surface area (Å²) in [5, 5.41) is 20.2. The molecule has 0 heterocycles. The minimum atomic E-state index is -2.51. The Bertz CT molecular complexity index is 536. The van der Waals surface area contributed by atoms with E-state index in [0.717, 1.165) is 25.7 Å². The Balaban J connectivity index is 1.88. The number of hydrogen-bond acceptors (Lipinski definition) is 2. The van der Waals surface area contributed by atoms with Gasteiger partial charge in [-0.1, -0.05) is 30.7 Å². The molecule has 2 saturated carbocycles. The monoisotopic (exact) mass is 277 g/mol. The van der Waals surface area contributed by atoms with Crippen LogP contribution in [0.15, 0.2) is 24.3 Å². The molecule has 4 atom stereocenters. The summed E-state index contributed by atoms with van der Waals surface area (Å²) in [5.74, 6) is 0.775. The van der Waals surface area contributed by atoms with Gasteiger partial charge < -0.3 is 5.11 Å². The van der Waals surface area contributed by atoms with Crippen LogP contribution in [-0.2, 0) is 0 Å². The van der Waals surface area contributed by atoms with E-state index in [-0.39, 0.29) is 11.5 Å². The molecule has 0 saturated heterocycles. The molecule has 2 aliphatic rings. The first kappa shape index (κ1) is 13.5. The number of aliphatic hydroxyl groups excluding tert-OH is 1. The van der Waals surface area contributed by atoms with Crippen molar-refractivity contribution in [3.63, 3.8) is 0 Å². The molecule has 0 aromatic heterocycles. The predicted octanol–water partition coefficient (Wildman–Crippen LogP) is 3.99. The quantitative estimate of drug-likeness (QED) is 0.908. The second kappa shape index (κ2) is 4.82. The maximum atomic E-state index is 12.5. The maximum Gasteiger partial charge on any atom is 0.263 e. The summed E-state index contributed by atoms with van der Waals surface area (Å²) in [6, 6.07) is 8.07. The molecule has 0 amide bonds. The normalized spacial score (nSPS) is 33.4. The van der Waals surface area contributed by atoms with Crippen LogP contribution < -0.4 is 0 Å². The summed E-state index contributed by atoms with van der Waals surface area (Å²) in [6.07, 6.45) is 0.490. The summed E-state index contributed by atoms with van der Waals surface area (Å²) in [4.78, 5) is 0. The van der Waals surface area contributed by atoms with Gasteiger partial charge in [0, 0.05) is 5.56 Å². The summed E-state index contributed by atoms with van der Waals surface area (Å²) < 4.78 is 25.1. The smallest absolute Gasteiger partial charge is 0.263 e. The molecule has 3 rings (SSSR count). The van der Waals surface area contributed by atoms with Crippen LogP contribution in [0.2, 0.25) is 0 Å². The van der Waals surface area contributed by atoms with Crippen LogP contribution in [0.1, 0.15) is 49.3 Å². The molecule has 1 N–H and O–H groups in total. The van der Waals surface area contributed by atoms with Crippen molar-refractivity contribution in [3.8, 4) is 6.07 Å². The lowest BCUT2D eigenvalue weighted by molar-refractivity contribution is 0.0232. The molecular formula is C16H17F2NO. The highest BCUT2D eigenvalue weighted by atomic mass is 19.3. The standard InChI is InChI=1S/C16H17F2NO/c17-15(18)12-4-2-11(3-5-12)14(20)16(9-19)8-10-1-6-13(16)7-10/h2-5,10,13-15,20H,1,6-8H2. The number of alkyl halides is 2. The number of rotatable bonds is 3. The highest BCUT2D eigenvalue weighted by Gasteiger charge is 2.55. The molecule has 0 spiro atoms. The van der Waals surface area contributed by atoms with Crippen LogP contribution in [-0.4, -0.2) is 5.11 Å². The van der Waals surface area contributed by atoms with Crippen molar-refractivity contribution in [2.24, 2.45) is 17.3 Å². The van der Waals surface area contributed by atoms with Gasteiger partial charge in [0.15, 0.2) is 0 Å². The first-order valence-electron chi connectivity index (χ1n) is 7.04. The van der Waals surface area contributed by atoms with Crippen molar-refractivity contribution in [3.05, 3.63) is 35.4 Å². The van der Waals surface area contributed by atoms with Gasteiger partial charge in [0.1, 0.15) is 0 Å². The number of nitriles is 1. The molecule has 2 nitrogen and oxygen atoms in total. The fourth-order valence-electron chi connectivity index (χ4n) is 4.03. The van der Waals surface area contributed by atoms with Gasteiger partial charge in [-0.25, -0.2) is 8.78 Å². The van der Waals surface area contributed by atoms with Gasteiger partial charge in [0.05, 0.1) is 17.6 Å². The highest BCUT2D eigenvalue weighted by molar-refractivity contribution is 5.29. The number of aliphatic hydroxyl groups is 1. The topological polar surface area (TPSA) is 44.0 Å². The Morgan fingerprint density at radius 1 is 1.20 bits per heavy atom. The van der Waals surface area contributed by atoms with Crippen LogP contribution in [0.4, 0.5) is 8.78 Å². The van der Waals surface area contributed by atoms with E-state index in [9.17, 15) is 19.1 Å². The molecule has 2 aliphatic carbocycles. The van der Waals surface area contributed by atoms with Crippen molar-refractivity contribution in [2.45, 2.75) is 38.2 Å². The van der Waals surface area contributed by atoms with Gasteiger partial charge >= 0.3 is 0 Å². The van der Waals surface area contributed by atoms with E-state index >= 15 is 0 Å². The van der Waals surface area contributed by atoms with Crippen molar-refractivity contribution in [1.29, 1.82) is 5.26 Å². The number of fused-ring (bicyclic) bond motifs is 2. The van der Waals surface area contributed by atoms with Gasteiger partial charge in [-0.05, 0) is 36.7 Å². The average molecular weight is 277 g/mol. The zero-order valence-corrected chi connectivity index (χ0v) is 11.1. The molecule has 0 radical (unpaired) electrons. The highest BCUT2D eigenvalue weighted by Crippen LogP contribution is 2.60. The molecule has 2 bridgehead atoms. The summed E-state index contributed by atoms with van der Waals surface area (Å²) >= 11 is 0. The van der Waals surface area contributed by atoms with Crippen molar-refractivity contribution in [2.75, 3.05) is 0 Å². The second-order valence-electron chi connectivity index (χ2n) is 6.10. The first-order chi connectivity index (χ1) is 9.56. The minimum Gasteiger partial charge on any atom is -0.387 e. The number of halogens is 2. The third-order valence-electron chi connectivity index (χ3n) is 5.10. The van der Waals surface area contributed by atoms with Crippen LogP contribution >= 0.6 is 0 Å². The molecule has 1 aromatic carbocycles. The molecule has 4 unspecified atom stereocenters. The minimum absolute atomic E-state index is 0.0556. The Labute approximate surface area is 117 Å². The fraction of sp³-hybridized carbons (Fsp3) is 0.562. The fourth-order valence-corrected chi connectivity index (χ4v) is 4.03. The SMILES string of the molecule is N#CC1(C(O)c2ccc(C(F)F)cc2)CC2CCC1C2. The van der Waals surface area contributed by atoms with Gasteiger partial charge in [-0.3, -0.25) is 0 Å². The predicted molar refractivity (Wildman–Crippen MR) is 69.9 cm³/mol. The summed E-state index contributed by atoms with van der Waals surface area (Å²) in [6.45, 7) is 0. The van der Waals surface area contributed by atoms with Gasteiger partial charge in [-0.15, -0.1) is 0 Å². The Morgan fingerprint density at radius 2 is 1.85 bits per heavy atom. The van der Waals surface area contributed by atoms with Gasteiger partial charge in [0.2, 0.25) is 0 Å². The van der Waals surface area contributed by atoms with E-state index in [1.54, 1.807) is 0 Å². The van der Waals surface area contributed by atoms with Crippen molar-refractivity contribution in [1.82, 2.24) is 0 Å². The molecule has 106 valence electrons. The van der Waals surface area contributed by atoms with E-state index in [0.29, 0.717) is 11.5 Å². The van der Waals surface area contributed by atoms with Crippen molar-refractivity contribution >= 4 is 0 Å². The number of benzene rings is 1. The van der Waals surface area contributed by atoms with Crippen LogP contribution in [0, 0.1) is 28.6 Å². The van der Waals surface area contributed by atoms with Gasteiger partial charge in [0.25, 0.3) is 6.43 Å². The lowest BCUT2D eigenvalue weighted by atomic mass is 9.68. The maximum absolute atomic E-state index is 12.5. The first-order valence-corrected chi connectivity index (χ1v) is 7.04. The number of nitrogens with zero attached hydrogens (tertiary/aromatic N) is 1. The third kappa shape index (κ3) is 1.92. The molecule has 0 aliphatic heterocycles. The number of hydrogen-bond donors (Lipinski definition) is 1. The Morgan fingerprint density at radius 3 is 2.30 bits per heavy atom. The van der Waals surface area contributed by atoms with Crippen LogP contribution in [0.25, 0.3) is 0 Å². The summed E-state index contributed by atoms with van der Waals surface area (Å²) in [7, 11) is 0. The van der Waals surface area contributed by atoms with E-state index in [2.05, 4.69) is 6.07 Å². The van der Waals surface area contributed by atoms with E-state index < -0.39 is 17.9 Å². The van der Waals surface area contributed by atoms with Crippen molar-refractivity contribution < 1.29 is 13.9 Å². The average Bonchev–Trinajstić information content (AvgIpc) is 3.07. The molecule has 1 aromatic rings. The van der Waals surface area contributed by atoms with E-state index in [4.69, 9.17) is 0 Å². The molecule has 2 fully saturated rings. The molecule has 20 heavy (non-hydrogen) atoms. The molecular weight excluding hydrogens is 260 g/mol. The van der Waals surface area contributed by atoms with E-state index in [1.807, 2.05) is 0 Å². The van der Waals surface area contributed by atoms with Crippen LogP contribution in [0.3, 0.4) is 0 Å². The summed E-state index contributed by atoms with van der Waals surface area (Å²) in [5.41, 5.74) is -0.210. The van der Waals surface area contributed by atoms with Crippen LogP contribution in [0.5, 0.6) is 0 Å². The zero-order valence-electron chi connectivity index (χ0n) is 11.1. The Kier molecular flexibility index (Phi) is 3.25. The Hall–Kier alpha value is -1.47. The lowest BCUT2D eigenvalue weighted by Gasteiger charge is -2.35. The largest absolute Gasteiger partial charge is 0.387 e. The van der Waals surface area contributed by atoms with Gasteiger partial charge in [-0.2, -0.15) is 5.26 Å². The van der Waals surface area contributed by atoms with E-state index in [1.165, 1.54) is 24.3 Å².